The molecule has 0 aromatic rings. The van der Waals surface area contributed by atoms with Crippen molar-refractivity contribution in [2.75, 3.05) is 32.0 Å². The van der Waals surface area contributed by atoms with Gasteiger partial charge in [0.05, 0.1) is 12.5 Å². The van der Waals surface area contributed by atoms with Crippen molar-refractivity contribution >= 4 is 17.7 Å². The number of piperidine rings is 1. The lowest BCUT2D eigenvalue weighted by Crippen LogP contribution is -2.40. The van der Waals surface area contributed by atoms with E-state index in [-0.39, 0.29) is 29.4 Å². The van der Waals surface area contributed by atoms with E-state index in [4.69, 9.17) is 4.74 Å². The summed E-state index contributed by atoms with van der Waals surface area (Å²) in [5.74, 6) is -0.403. The number of esters is 1. The topological polar surface area (TPSA) is 29.5 Å². The molecule has 18 heavy (non-hydrogen) atoms. The van der Waals surface area contributed by atoms with E-state index in [9.17, 15) is 18.0 Å². The quantitative estimate of drug-likeness (QED) is 0.726. The van der Waals surface area contributed by atoms with Gasteiger partial charge in [-0.3, -0.25) is 4.79 Å². The first-order valence-electron chi connectivity index (χ1n) is 6.02. The smallest absolute Gasteiger partial charge is 0.441 e. The third-order valence-electron chi connectivity index (χ3n) is 2.80. The zero-order chi connectivity index (χ0) is 13.6. The highest BCUT2D eigenvalue weighted by molar-refractivity contribution is 8.00. The molecule has 1 unspecified atom stereocenters. The Morgan fingerprint density at radius 1 is 1.50 bits per heavy atom. The first kappa shape index (κ1) is 15.6. The number of hydrogen-bond donors (Lipinski definition) is 0. The van der Waals surface area contributed by atoms with Gasteiger partial charge in [-0.05, 0) is 38.1 Å². The fourth-order valence-corrected chi connectivity index (χ4v) is 2.58. The second-order valence-electron chi connectivity index (χ2n) is 4.19. The van der Waals surface area contributed by atoms with E-state index < -0.39 is 5.51 Å². The lowest BCUT2D eigenvalue weighted by Gasteiger charge is -2.31. The summed E-state index contributed by atoms with van der Waals surface area (Å²) in [4.78, 5) is 13.4. The Morgan fingerprint density at radius 3 is 2.83 bits per heavy atom. The molecule has 1 aliphatic rings. The van der Waals surface area contributed by atoms with Crippen molar-refractivity contribution in [1.29, 1.82) is 0 Å². The Labute approximate surface area is 109 Å². The maximum absolute atomic E-state index is 12.0. The Balaban J connectivity index is 2.28. The largest absolute Gasteiger partial charge is 0.466 e. The molecule has 3 nitrogen and oxygen atoms in total. The molecule has 106 valence electrons. The Hall–Kier alpha value is -0.430. The van der Waals surface area contributed by atoms with Crippen LogP contribution in [-0.4, -0.2) is 48.4 Å². The standard InChI is InChI=1S/C11H18F3NO2S/c1-2-17-10(16)9-4-3-5-15(8-9)6-7-18-11(12,13)14/h9H,2-8H2,1H3. The van der Waals surface area contributed by atoms with Gasteiger partial charge in [0, 0.05) is 18.8 Å². The molecule has 1 heterocycles. The van der Waals surface area contributed by atoms with Crippen LogP contribution in [0.3, 0.4) is 0 Å². The Kier molecular flexibility index (Phi) is 6.28. The molecule has 0 N–H and O–H groups in total. The SMILES string of the molecule is CCOC(=O)C1CCCN(CCSC(F)(F)F)C1. The second-order valence-corrected chi connectivity index (χ2v) is 5.35. The number of carbonyl (C=O) groups excluding carboxylic acids is 1. The van der Waals surface area contributed by atoms with Crippen molar-refractivity contribution in [2.24, 2.45) is 5.92 Å². The van der Waals surface area contributed by atoms with Crippen molar-refractivity contribution in [3.63, 3.8) is 0 Å². The molecule has 1 fully saturated rings. The van der Waals surface area contributed by atoms with Gasteiger partial charge in [0.25, 0.3) is 0 Å². The number of carbonyl (C=O) groups is 1. The molecule has 0 amide bonds. The van der Waals surface area contributed by atoms with Crippen LogP contribution in [0.1, 0.15) is 19.8 Å². The Morgan fingerprint density at radius 2 is 2.22 bits per heavy atom. The van der Waals surface area contributed by atoms with Crippen LogP contribution in [-0.2, 0) is 9.53 Å². The minimum atomic E-state index is -4.17. The lowest BCUT2D eigenvalue weighted by atomic mass is 9.98. The van der Waals surface area contributed by atoms with E-state index in [1.54, 1.807) is 6.92 Å². The molecule has 7 heteroatoms. The second kappa shape index (κ2) is 7.23. The molecule has 0 aromatic carbocycles. The number of thioether (sulfide) groups is 1. The predicted molar refractivity (Wildman–Crippen MR) is 64.3 cm³/mol. The average Bonchev–Trinajstić information content (AvgIpc) is 2.28. The first-order valence-corrected chi connectivity index (χ1v) is 7.00. The summed E-state index contributed by atoms with van der Waals surface area (Å²) in [7, 11) is 0. The summed E-state index contributed by atoms with van der Waals surface area (Å²) in [6.45, 7) is 3.73. The van der Waals surface area contributed by atoms with Gasteiger partial charge in [-0.1, -0.05) is 0 Å². The Bertz CT molecular complexity index is 274. The van der Waals surface area contributed by atoms with Gasteiger partial charge in [0.15, 0.2) is 0 Å². The number of hydrogen-bond acceptors (Lipinski definition) is 4. The van der Waals surface area contributed by atoms with Crippen molar-refractivity contribution in [2.45, 2.75) is 25.3 Å². The van der Waals surface area contributed by atoms with Crippen LogP contribution in [0.4, 0.5) is 13.2 Å². The minimum absolute atomic E-state index is 0.0107. The fraction of sp³-hybridized carbons (Fsp3) is 0.909. The molecule has 0 spiro atoms. The maximum atomic E-state index is 12.0. The van der Waals surface area contributed by atoms with E-state index in [1.165, 1.54) is 0 Å². The highest BCUT2D eigenvalue weighted by atomic mass is 32.2. The molecular weight excluding hydrogens is 267 g/mol. The summed E-state index contributed by atoms with van der Waals surface area (Å²) in [6, 6.07) is 0. The van der Waals surface area contributed by atoms with Gasteiger partial charge in [-0.2, -0.15) is 13.2 Å². The monoisotopic (exact) mass is 285 g/mol. The zero-order valence-corrected chi connectivity index (χ0v) is 11.1. The maximum Gasteiger partial charge on any atom is 0.441 e. The highest BCUT2D eigenvalue weighted by Gasteiger charge is 2.30. The first-order chi connectivity index (χ1) is 8.42. The third kappa shape index (κ3) is 5.95. The summed E-state index contributed by atoms with van der Waals surface area (Å²) in [5, 5.41) is 0. The zero-order valence-electron chi connectivity index (χ0n) is 10.3. The summed E-state index contributed by atoms with van der Waals surface area (Å²) >= 11 is -0.0107. The molecule has 1 rings (SSSR count). The lowest BCUT2D eigenvalue weighted by molar-refractivity contribution is -0.149. The van der Waals surface area contributed by atoms with E-state index in [0.717, 1.165) is 19.4 Å². The van der Waals surface area contributed by atoms with Crippen LogP contribution < -0.4 is 0 Å². The van der Waals surface area contributed by atoms with Gasteiger partial charge >= 0.3 is 11.5 Å². The number of rotatable bonds is 5. The fourth-order valence-electron chi connectivity index (χ4n) is 2.00. The summed E-state index contributed by atoms with van der Waals surface area (Å²) in [5.41, 5.74) is -4.17. The van der Waals surface area contributed by atoms with Crippen molar-refractivity contribution in [3.8, 4) is 0 Å². The van der Waals surface area contributed by atoms with E-state index in [0.29, 0.717) is 19.7 Å². The van der Waals surface area contributed by atoms with Crippen LogP contribution in [0.25, 0.3) is 0 Å². The van der Waals surface area contributed by atoms with Gasteiger partial charge < -0.3 is 9.64 Å². The molecule has 1 atom stereocenters. The average molecular weight is 285 g/mol. The molecular formula is C11H18F3NO2S. The number of alkyl halides is 3. The van der Waals surface area contributed by atoms with Crippen LogP contribution in [0.15, 0.2) is 0 Å². The van der Waals surface area contributed by atoms with Crippen molar-refractivity contribution in [3.05, 3.63) is 0 Å². The normalized spacial score (nSPS) is 21.9. The van der Waals surface area contributed by atoms with Crippen molar-refractivity contribution < 1.29 is 22.7 Å². The highest BCUT2D eigenvalue weighted by Crippen LogP contribution is 2.30. The summed E-state index contributed by atoms with van der Waals surface area (Å²) in [6.07, 6.45) is 1.60. The van der Waals surface area contributed by atoms with Gasteiger partial charge in [0.2, 0.25) is 0 Å². The molecule has 1 aliphatic heterocycles. The minimum Gasteiger partial charge on any atom is -0.466 e. The molecule has 0 saturated carbocycles. The molecule has 1 saturated heterocycles. The van der Waals surface area contributed by atoms with Crippen molar-refractivity contribution in [1.82, 2.24) is 4.90 Å². The third-order valence-corrected chi connectivity index (χ3v) is 3.51. The van der Waals surface area contributed by atoms with Crippen LogP contribution in [0, 0.1) is 5.92 Å². The predicted octanol–water partition coefficient (Wildman–Crippen LogP) is 2.51. The van der Waals surface area contributed by atoms with E-state index >= 15 is 0 Å². The van der Waals surface area contributed by atoms with Crippen LogP contribution in [0.5, 0.6) is 0 Å². The summed E-state index contributed by atoms with van der Waals surface area (Å²) < 4.78 is 40.9. The molecule has 0 aliphatic carbocycles. The number of halogens is 3. The van der Waals surface area contributed by atoms with Crippen LogP contribution in [0.2, 0.25) is 0 Å². The number of ether oxygens (including phenoxy) is 1. The van der Waals surface area contributed by atoms with Gasteiger partial charge in [-0.25, -0.2) is 0 Å². The molecule has 0 aromatic heterocycles. The van der Waals surface area contributed by atoms with Gasteiger partial charge in [0.1, 0.15) is 0 Å². The van der Waals surface area contributed by atoms with Gasteiger partial charge in [-0.15, -0.1) is 0 Å². The number of likely N-dealkylation sites (tertiary alicyclic amines) is 1. The van der Waals surface area contributed by atoms with Crippen LogP contribution >= 0.6 is 11.8 Å². The molecule has 0 radical (unpaired) electrons. The van der Waals surface area contributed by atoms with E-state index in [1.807, 2.05) is 4.90 Å². The molecule has 0 bridgehead atoms. The van der Waals surface area contributed by atoms with E-state index in [2.05, 4.69) is 0 Å². The number of nitrogens with zero attached hydrogens (tertiary/aromatic N) is 1.